The van der Waals surface area contributed by atoms with Crippen LogP contribution < -0.4 is 0 Å². The summed E-state index contributed by atoms with van der Waals surface area (Å²) >= 11 is 0. The monoisotopic (exact) mass is 172 g/mol. The van der Waals surface area contributed by atoms with Crippen LogP contribution in [0, 0.1) is 11.8 Å². The second kappa shape index (κ2) is 4.54. The summed E-state index contributed by atoms with van der Waals surface area (Å²) in [6.07, 6.45) is 0.593. The van der Waals surface area contributed by atoms with Gasteiger partial charge in [0.25, 0.3) is 0 Å². The van der Waals surface area contributed by atoms with Gasteiger partial charge in [-0.3, -0.25) is 9.59 Å². The molecule has 0 atom stereocenters. The molecule has 1 aliphatic rings. The zero-order chi connectivity index (χ0) is 9.72. The van der Waals surface area contributed by atoms with E-state index < -0.39 is 23.8 Å². The first-order valence-electron chi connectivity index (χ1n) is 3.57. The third kappa shape index (κ3) is 2.38. The van der Waals surface area contributed by atoms with Gasteiger partial charge < -0.3 is 10.2 Å². The first-order valence-corrected chi connectivity index (χ1v) is 3.57. The Labute approximate surface area is 70.5 Å². The molecule has 0 aromatic heterocycles. The third-order valence-corrected chi connectivity index (χ3v) is 1.84. The van der Waals surface area contributed by atoms with E-state index >= 15 is 0 Å². The van der Waals surface area contributed by atoms with Crippen molar-refractivity contribution in [1.29, 1.82) is 0 Å². The Morgan fingerprint density at radius 1 is 1.00 bits per heavy atom. The highest BCUT2D eigenvalue weighted by molar-refractivity contribution is 5.77. The number of rotatable bonds is 2. The Morgan fingerprint density at radius 2 is 1.25 bits per heavy atom. The standard InChI is InChI=1S/C6H8O4.C2H4/c7-5(8)3-1-4(2-3)6(9)10;1-2/h3-4H,1-2H2,(H,7,8)(H,9,10);1-2H2. The van der Waals surface area contributed by atoms with Gasteiger partial charge in [-0.15, -0.1) is 13.2 Å². The molecule has 0 spiro atoms. The summed E-state index contributed by atoms with van der Waals surface area (Å²) in [5.41, 5.74) is 0. The summed E-state index contributed by atoms with van der Waals surface area (Å²) in [6.45, 7) is 6.00. The predicted molar refractivity (Wildman–Crippen MR) is 42.7 cm³/mol. The fourth-order valence-corrected chi connectivity index (χ4v) is 1.02. The van der Waals surface area contributed by atoms with Crippen LogP contribution in [0.5, 0.6) is 0 Å². The normalized spacial score (nSPS) is 26.0. The summed E-state index contributed by atoms with van der Waals surface area (Å²) < 4.78 is 0. The van der Waals surface area contributed by atoms with E-state index in [0.29, 0.717) is 12.8 Å². The Hall–Kier alpha value is -1.32. The van der Waals surface area contributed by atoms with Crippen molar-refractivity contribution in [2.24, 2.45) is 11.8 Å². The van der Waals surface area contributed by atoms with Crippen molar-refractivity contribution in [3.8, 4) is 0 Å². The van der Waals surface area contributed by atoms with E-state index in [0.717, 1.165) is 0 Å². The largest absolute Gasteiger partial charge is 0.481 e. The fraction of sp³-hybridized carbons (Fsp3) is 0.500. The highest BCUT2D eigenvalue weighted by Crippen LogP contribution is 2.33. The summed E-state index contributed by atoms with van der Waals surface area (Å²) in [5.74, 6) is -2.59. The van der Waals surface area contributed by atoms with Gasteiger partial charge >= 0.3 is 11.9 Å². The molecule has 0 amide bonds. The molecule has 4 heteroatoms. The van der Waals surface area contributed by atoms with Crippen molar-refractivity contribution in [1.82, 2.24) is 0 Å². The van der Waals surface area contributed by atoms with E-state index in [1.807, 2.05) is 0 Å². The van der Waals surface area contributed by atoms with Gasteiger partial charge in [-0.05, 0) is 12.8 Å². The summed E-state index contributed by atoms with van der Waals surface area (Å²) in [7, 11) is 0. The number of carbonyl (C=O) groups is 2. The maximum atomic E-state index is 10.2. The lowest BCUT2D eigenvalue weighted by molar-refractivity contribution is -0.154. The number of carboxylic acids is 2. The lowest BCUT2D eigenvalue weighted by atomic mass is 9.75. The summed E-state index contributed by atoms with van der Waals surface area (Å²) in [6, 6.07) is 0. The van der Waals surface area contributed by atoms with Crippen LogP contribution in [0.1, 0.15) is 12.8 Å². The fourth-order valence-electron chi connectivity index (χ4n) is 1.02. The van der Waals surface area contributed by atoms with Crippen LogP contribution in [0.2, 0.25) is 0 Å². The van der Waals surface area contributed by atoms with E-state index in [-0.39, 0.29) is 0 Å². The van der Waals surface area contributed by atoms with Crippen molar-refractivity contribution in [2.75, 3.05) is 0 Å². The summed E-state index contributed by atoms with van der Waals surface area (Å²) in [4.78, 5) is 20.3. The molecule has 68 valence electrons. The Bertz CT molecular complexity index is 163. The second-order valence-corrected chi connectivity index (χ2v) is 2.54. The first-order chi connectivity index (χ1) is 5.61. The summed E-state index contributed by atoms with van der Waals surface area (Å²) in [5, 5.41) is 16.7. The smallest absolute Gasteiger partial charge is 0.306 e. The molecule has 0 aromatic rings. The molecular formula is C8H12O4. The van der Waals surface area contributed by atoms with E-state index in [1.54, 1.807) is 0 Å². The first kappa shape index (κ1) is 10.7. The third-order valence-electron chi connectivity index (χ3n) is 1.84. The van der Waals surface area contributed by atoms with Gasteiger partial charge in [0.05, 0.1) is 11.8 Å². The van der Waals surface area contributed by atoms with Crippen LogP contribution in [-0.4, -0.2) is 22.2 Å². The SMILES string of the molecule is C=C.O=C(O)C1CC(C(=O)O)C1. The number of carboxylic acid groups (broad SMARTS) is 2. The van der Waals surface area contributed by atoms with Gasteiger partial charge in [0, 0.05) is 0 Å². The molecule has 1 fully saturated rings. The van der Waals surface area contributed by atoms with Gasteiger partial charge in [0.2, 0.25) is 0 Å². The van der Waals surface area contributed by atoms with Gasteiger partial charge in [-0.25, -0.2) is 0 Å². The zero-order valence-corrected chi connectivity index (χ0v) is 6.69. The number of hydrogen-bond acceptors (Lipinski definition) is 2. The molecule has 0 radical (unpaired) electrons. The minimum absolute atomic E-state index is 0.296. The maximum Gasteiger partial charge on any atom is 0.306 e. The topological polar surface area (TPSA) is 74.6 Å². The predicted octanol–water partition coefficient (Wildman–Crippen LogP) is 0.984. The second-order valence-electron chi connectivity index (χ2n) is 2.54. The molecule has 0 bridgehead atoms. The van der Waals surface area contributed by atoms with Crippen LogP contribution in [0.4, 0.5) is 0 Å². The molecule has 1 rings (SSSR count). The van der Waals surface area contributed by atoms with Crippen molar-refractivity contribution in [3.63, 3.8) is 0 Å². The Morgan fingerprint density at radius 3 is 1.42 bits per heavy atom. The molecule has 0 aliphatic heterocycles. The molecular weight excluding hydrogens is 160 g/mol. The molecule has 1 aliphatic carbocycles. The molecule has 0 heterocycles. The average molecular weight is 172 g/mol. The molecule has 0 unspecified atom stereocenters. The highest BCUT2D eigenvalue weighted by Gasteiger charge is 2.38. The molecule has 0 aromatic carbocycles. The van der Waals surface area contributed by atoms with E-state index in [1.165, 1.54) is 0 Å². The van der Waals surface area contributed by atoms with Crippen molar-refractivity contribution >= 4 is 11.9 Å². The van der Waals surface area contributed by atoms with Crippen molar-refractivity contribution < 1.29 is 19.8 Å². The van der Waals surface area contributed by atoms with E-state index in [9.17, 15) is 9.59 Å². The van der Waals surface area contributed by atoms with Crippen LogP contribution in [0.25, 0.3) is 0 Å². The maximum absolute atomic E-state index is 10.2. The van der Waals surface area contributed by atoms with Gasteiger partial charge in [-0.1, -0.05) is 0 Å². The quantitative estimate of drug-likeness (QED) is 0.609. The average Bonchev–Trinajstić information content (AvgIpc) is 1.86. The molecule has 0 saturated heterocycles. The Kier molecular flexibility index (Phi) is 4.04. The zero-order valence-electron chi connectivity index (χ0n) is 6.69. The highest BCUT2D eigenvalue weighted by atomic mass is 16.4. The van der Waals surface area contributed by atoms with Crippen LogP contribution in [0.15, 0.2) is 13.2 Å². The number of hydrogen-bond donors (Lipinski definition) is 2. The van der Waals surface area contributed by atoms with Crippen LogP contribution >= 0.6 is 0 Å². The molecule has 1 saturated carbocycles. The Balaban J connectivity index is 0.000000561. The number of aliphatic carboxylic acids is 2. The lowest BCUT2D eigenvalue weighted by Gasteiger charge is -2.28. The van der Waals surface area contributed by atoms with Gasteiger partial charge in [0.1, 0.15) is 0 Å². The minimum Gasteiger partial charge on any atom is -0.481 e. The van der Waals surface area contributed by atoms with Crippen molar-refractivity contribution in [2.45, 2.75) is 12.8 Å². The molecule has 12 heavy (non-hydrogen) atoms. The van der Waals surface area contributed by atoms with Crippen LogP contribution in [0.3, 0.4) is 0 Å². The van der Waals surface area contributed by atoms with Crippen LogP contribution in [-0.2, 0) is 9.59 Å². The van der Waals surface area contributed by atoms with E-state index in [4.69, 9.17) is 10.2 Å². The molecule has 2 N–H and O–H groups in total. The van der Waals surface area contributed by atoms with Gasteiger partial charge in [-0.2, -0.15) is 0 Å². The lowest BCUT2D eigenvalue weighted by Crippen LogP contribution is -2.34. The van der Waals surface area contributed by atoms with E-state index in [2.05, 4.69) is 13.2 Å². The van der Waals surface area contributed by atoms with Crippen molar-refractivity contribution in [3.05, 3.63) is 13.2 Å². The minimum atomic E-state index is -0.877. The molecule has 4 nitrogen and oxygen atoms in total. The van der Waals surface area contributed by atoms with Gasteiger partial charge in [0.15, 0.2) is 0 Å².